The monoisotopic (exact) mass is 634 g/mol. The summed E-state index contributed by atoms with van der Waals surface area (Å²) in [4.78, 5) is 11.6. The highest BCUT2D eigenvalue weighted by Crippen LogP contribution is 2.62. The van der Waals surface area contributed by atoms with E-state index in [2.05, 4.69) is 52.1 Å². The molecule has 6 rings (SSSR count). The maximum atomic E-state index is 13.9. The summed E-state index contributed by atoms with van der Waals surface area (Å²) in [5.41, 5.74) is 3.82. The molecule has 2 aromatic carbocycles. The minimum Gasteiger partial charge on any atom is -0.543 e. The van der Waals surface area contributed by atoms with Gasteiger partial charge < -0.3 is 9.53 Å². The van der Waals surface area contributed by atoms with Gasteiger partial charge in [-0.3, -0.25) is 0 Å². The second-order valence-electron chi connectivity index (χ2n) is 15.6. The highest BCUT2D eigenvalue weighted by atomic mass is 32.2. The van der Waals surface area contributed by atoms with Crippen LogP contribution >= 0.6 is 0 Å². The van der Waals surface area contributed by atoms with Crippen molar-refractivity contribution < 1.29 is 22.7 Å². The third-order valence-corrected chi connectivity index (χ3v) is 17.4. The first kappa shape index (κ1) is 32.7. The molecule has 5 nitrogen and oxygen atoms in total. The molecule has 1 atom stereocenters. The van der Waals surface area contributed by atoms with Crippen LogP contribution < -0.4 is 4.43 Å². The van der Waals surface area contributed by atoms with Crippen molar-refractivity contribution in [2.75, 3.05) is 0 Å². The second kappa shape index (κ2) is 11.9. The maximum Gasteiger partial charge on any atom is 0.328 e. The van der Waals surface area contributed by atoms with Gasteiger partial charge in [-0.15, -0.1) is 0 Å². The van der Waals surface area contributed by atoms with Crippen LogP contribution in [-0.2, 0) is 20.0 Å². The van der Waals surface area contributed by atoms with Crippen LogP contribution in [0.5, 0.6) is 5.75 Å². The Hall–Kier alpha value is -2.64. The van der Waals surface area contributed by atoms with Crippen molar-refractivity contribution >= 4 is 29.7 Å². The van der Waals surface area contributed by atoms with Crippen molar-refractivity contribution in [3.05, 3.63) is 77.4 Å². The Morgan fingerprint density at radius 3 is 2.09 bits per heavy atom. The molecule has 4 aliphatic carbocycles. The third-order valence-electron chi connectivity index (χ3n) is 11.0. The summed E-state index contributed by atoms with van der Waals surface area (Å²) < 4.78 is 34.8. The van der Waals surface area contributed by atoms with Gasteiger partial charge in [0.25, 0.3) is 0 Å². The van der Waals surface area contributed by atoms with Gasteiger partial charge in [-0.25, -0.2) is 13.2 Å². The molecule has 4 fully saturated rings. The molecular formula is C37H50O5SSi. The molecule has 238 valence electrons. The first-order valence-corrected chi connectivity index (χ1v) is 20.7. The molecule has 0 saturated heterocycles. The number of allylic oxidation sites excluding steroid dienone is 2. The number of carboxylic acids is 1. The lowest BCUT2D eigenvalue weighted by Gasteiger charge is -2.57. The molecule has 4 saturated carbocycles. The summed E-state index contributed by atoms with van der Waals surface area (Å²) in [5.74, 6) is 2.30. The van der Waals surface area contributed by atoms with E-state index in [1.807, 2.05) is 13.0 Å². The Morgan fingerprint density at radius 1 is 1.00 bits per heavy atom. The van der Waals surface area contributed by atoms with Gasteiger partial charge in [0.15, 0.2) is 9.84 Å². The van der Waals surface area contributed by atoms with Crippen LogP contribution in [0.2, 0.25) is 18.1 Å². The highest BCUT2D eigenvalue weighted by Gasteiger charge is 2.53. The first-order chi connectivity index (χ1) is 20.5. The molecule has 7 heteroatoms. The normalized spacial score (nSPS) is 26.5. The lowest BCUT2D eigenvalue weighted by molar-refractivity contribution is -0.131. The SMILES string of the molecule is CC(=CC(=O)O)CC(C=C(C)c1ccc(O[Si](C)(C)C(C)(C)C)c(C23CC4CC(CC(C4)C2)C3)c1)S(=O)(=O)c1ccccc1. The summed E-state index contributed by atoms with van der Waals surface area (Å²) in [6.45, 7) is 15.1. The van der Waals surface area contributed by atoms with Gasteiger partial charge in [-0.05, 0) is 141 Å². The van der Waals surface area contributed by atoms with Crippen LogP contribution in [-0.4, -0.2) is 33.1 Å². The van der Waals surface area contributed by atoms with E-state index in [4.69, 9.17) is 4.43 Å². The van der Waals surface area contributed by atoms with Crippen molar-refractivity contribution in [2.24, 2.45) is 17.8 Å². The fourth-order valence-corrected chi connectivity index (χ4v) is 10.9. The molecule has 0 radical (unpaired) electrons. The van der Waals surface area contributed by atoms with Gasteiger partial charge >= 0.3 is 5.97 Å². The zero-order chi connectivity index (χ0) is 32.1. The molecule has 0 aliphatic heterocycles. The third kappa shape index (κ3) is 6.64. The molecule has 4 bridgehead atoms. The standard InChI is InChI=1S/C37H50O5SSi/c1-25(16-35(38)39)15-32(43(40,41)31-11-9-8-10-12-31)17-26(2)30-13-14-34(42-44(6,7)36(3,4)5)33(21-30)37-22-27-18-28(23-37)20-29(19-27)24-37/h8-14,16-17,21,27-29,32H,15,18-20,22-24H2,1-7H3,(H,38,39). The van der Waals surface area contributed by atoms with Crippen molar-refractivity contribution in [2.45, 2.75) is 113 Å². The van der Waals surface area contributed by atoms with Crippen molar-refractivity contribution in [1.29, 1.82) is 0 Å². The maximum absolute atomic E-state index is 13.9. The molecule has 4 aliphatic rings. The molecule has 1 N–H and O–H groups in total. The van der Waals surface area contributed by atoms with Crippen LogP contribution in [0.3, 0.4) is 0 Å². The van der Waals surface area contributed by atoms with Crippen LogP contribution in [0.15, 0.2) is 71.2 Å². The molecular weight excluding hydrogens is 585 g/mol. The van der Waals surface area contributed by atoms with Crippen LogP contribution in [0.25, 0.3) is 5.57 Å². The van der Waals surface area contributed by atoms with Crippen LogP contribution in [0.4, 0.5) is 0 Å². The fourth-order valence-electron chi connectivity index (χ4n) is 8.15. The van der Waals surface area contributed by atoms with Crippen LogP contribution in [0, 0.1) is 17.8 Å². The average Bonchev–Trinajstić information content (AvgIpc) is 2.91. The van der Waals surface area contributed by atoms with E-state index >= 15 is 0 Å². The van der Waals surface area contributed by atoms with E-state index in [1.165, 1.54) is 44.1 Å². The molecule has 1 unspecified atom stereocenters. The predicted molar refractivity (Wildman–Crippen MR) is 181 cm³/mol. The number of carbonyl (C=O) groups is 1. The highest BCUT2D eigenvalue weighted by molar-refractivity contribution is 7.92. The number of aliphatic carboxylic acids is 1. The lowest BCUT2D eigenvalue weighted by atomic mass is 9.48. The minimum absolute atomic E-state index is 0.0700. The number of rotatable bonds is 10. The number of hydrogen-bond acceptors (Lipinski definition) is 4. The summed E-state index contributed by atoms with van der Waals surface area (Å²) in [7, 11) is -5.86. The van der Waals surface area contributed by atoms with Crippen molar-refractivity contribution in [1.82, 2.24) is 0 Å². The van der Waals surface area contributed by atoms with Gasteiger partial charge in [0.2, 0.25) is 8.32 Å². The van der Waals surface area contributed by atoms with E-state index < -0.39 is 29.4 Å². The van der Waals surface area contributed by atoms with Gasteiger partial charge in [0.1, 0.15) is 5.75 Å². The minimum atomic E-state index is -3.76. The van der Waals surface area contributed by atoms with E-state index in [-0.39, 0.29) is 21.8 Å². The summed E-state index contributed by atoms with van der Waals surface area (Å²) in [5, 5.41) is 8.50. The van der Waals surface area contributed by atoms with Gasteiger partial charge in [-0.1, -0.05) is 56.7 Å². The topological polar surface area (TPSA) is 80.7 Å². The Balaban J connectivity index is 1.59. The first-order valence-electron chi connectivity index (χ1n) is 16.2. The van der Waals surface area contributed by atoms with E-state index in [9.17, 15) is 18.3 Å². The van der Waals surface area contributed by atoms with Crippen LogP contribution in [0.1, 0.15) is 90.7 Å². The summed E-state index contributed by atoms with van der Waals surface area (Å²) in [6, 6.07) is 15.0. The number of hydrogen-bond donors (Lipinski definition) is 1. The van der Waals surface area contributed by atoms with Gasteiger partial charge in [-0.2, -0.15) is 0 Å². The number of carboxylic acid groups (broad SMARTS) is 1. The zero-order valence-electron chi connectivity index (χ0n) is 27.5. The second-order valence-corrected chi connectivity index (χ2v) is 22.4. The van der Waals surface area contributed by atoms with E-state index in [0.29, 0.717) is 5.57 Å². The molecule has 44 heavy (non-hydrogen) atoms. The molecule has 0 aromatic heterocycles. The number of sulfone groups is 1. The van der Waals surface area contributed by atoms with Gasteiger partial charge in [0.05, 0.1) is 10.1 Å². The quantitative estimate of drug-likeness (QED) is 0.208. The number of benzene rings is 2. The summed E-state index contributed by atoms with van der Waals surface area (Å²) >= 11 is 0. The van der Waals surface area contributed by atoms with Crippen molar-refractivity contribution in [3.8, 4) is 5.75 Å². The average molecular weight is 635 g/mol. The molecule has 0 heterocycles. The van der Waals surface area contributed by atoms with Crippen molar-refractivity contribution in [3.63, 3.8) is 0 Å². The van der Waals surface area contributed by atoms with E-state index in [1.54, 1.807) is 37.3 Å². The lowest BCUT2D eigenvalue weighted by Crippen LogP contribution is -2.49. The molecule has 2 aromatic rings. The van der Waals surface area contributed by atoms with Gasteiger partial charge in [0, 0.05) is 6.08 Å². The smallest absolute Gasteiger partial charge is 0.328 e. The summed E-state index contributed by atoms with van der Waals surface area (Å²) in [6.07, 6.45) is 10.8. The molecule has 0 spiro atoms. The Bertz CT molecular complexity index is 1530. The Kier molecular flexibility index (Phi) is 8.88. The zero-order valence-corrected chi connectivity index (χ0v) is 29.3. The molecule has 0 amide bonds. The Morgan fingerprint density at radius 2 is 1.57 bits per heavy atom. The van der Waals surface area contributed by atoms with E-state index in [0.717, 1.165) is 40.7 Å². The largest absolute Gasteiger partial charge is 0.543 e. The fraction of sp³-hybridized carbons (Fsp3) is 0.541. The Labute approximate surface area is 265 Å². The predicted octanol–water partition coefficient (Wildman–Crippen LogP) is 9.21.